The van der Waals surface area contributed by atoms with Gasteiger partial charge in [-0.3, -0.25) is 9.48 Å². The lowest BCUT2D eigenvalue weighted by Gasteiger charge is -2.12. The van der Waals surface area contributed by atoms with Crippen LogP contribution in [0.25, 0.3) is 16.9 Å². The standard InChI is InChI=1S/C25H27F2N11O2/c1-4-16-6-7-20(40-25(26)27)17(12-16)22-19(30-24(39)18-13-29-37-9-5-8-28-23(18)37)14-36(33-22)15-21-31-34-38(32-21)11-10-35(2)3/h5-9,12-14,25H,4,10-11,15H2,1-3H3,(H,30,39). The molecule has 0 unspecified atom stereocenters. The third-order valence-corrected chi connectivity index (χ3v) is 6.00. The number of alkyl halides is 2. The molecule has 0 radical (unpaired) electrons. The van der Waals surface area contributed by atoms with Crippen LogP contribution in [-0.4, -0.2) is 82.6 Å². The highest BCUT2D eigenvalue weighted by atomic mass is 19.3. The van der Waals surface area contributed by atoms with Gasteiger partial charge >= 0.3 is 6.61 Å². The summed E-state index contributed by atoms with van der Waals surface area (Å²) in [5, 5.41) is 24.2. The second-order valence-electron chi connectivity index (χ2n) is 9.16. The average molecular weight is 552 g/mol. The number of rotatable bonds is 11. The molecule has 5 aromatic rings. The Morgan fingerprint density at radius 1 is 1.23 bits per heavy atom. The Kier molecular flexibility index (Phi) is 7.72. The summed E-state index contributed by atoms with van der Waals surface area (Å²) in [6.45, 7) is 0.311. The third kappa shape index (κ3) is 5.93. The van der Waals surface area contributed by atoms with Crippen LogP contribution in [0.4, 0.5) is 14.5 Å². The quantitative estimate of drug-likeness (QED) is 0.263. The van der Waals surface area contributed by atoms with Crippen LogP contribution in [0, 0.1) is 0 Å². The molecule has 5 rings (SSSR count). The van der Waals surface area contributed by atoms with Crippen molar-refractivity contribution in [3.05, 3.63) is 66.0 Å². The van der Waals surface area contributed by atoms with Crippen molar-refractivity contribution < 1.29 is 18.3 Å². The third-order valence-electron chi connectivity index (χ3n) is 6.00. The normalized spacial score (nSPS) is 11.6. The maximum atomic E-state index is 13.3. The minimum Gasteiger partial charge on any atom is -0.434 e. The molecular formula is C25H27F2N11O2. The molecule has 0 bridgehead atoms. The van der Waals surface area contributed by atoms with Crippen molar-refractivity contribution >= 4 is 17.2 Å². The zero-order valence-electron chi connectivity index (χ0n) is 22.1. The van der Waals surface area contributed by atoms with Crippen molar-refractivity contribution in [3.8, 4) is 17.0 Å². The smallest absolute Gasteiger partial charge is 0.387 e. The maximum Gasteiger partial charge on any atom is 0.387 e. The first-order chi connectivity index (χ1) is 19.3. The summed E-state index contributed by atoms with van der Waals surface area (Å²) < 4.78 is 34.4. The lowest BCUT2D eigenvalue weighted by atomic mass is 10.0. The van der Waals surface area contributed by atoms with Gasteiger partial charge in [-0.1, -0.05) is 13.0 Å². The molecule has 1 N–H and O–H groups in total. The van der Waals surface area contributed by atoms with E-state index in [1.807, 2.05) is 25.9 Å². The Hall–Kier alpha value is -4.79. The lowest BCUT2D eigenvalue weighted by molar-refractivity contribution is -0.0494. The van der Waals surface area contributed by atoms with Crippen molar-refractivity contribution in [3.63, 3.8) is 0 Å². The molecule has 4 heterocycles. The van der Waals surface area contributed by atoms with E-state index in [0.29, 0.717) is 30.0 Å². The van der Waals surface area contributed by atoms with Gasteiger partial charge in [0.2, 0.25) is 0 Å². The van der Waals surface area contributed by atoms with E-state index in [1.54, 1.807) is 36.8 Å². The summed E-state index contributed by atoms with van der Waals surface area (Å²) in [5.41, 5.74) is 2.28. The number of aromatic nitrogens is 9. The molecule has 15 heteroatoms. The van der Waals surface area contributed by atoms with Crippen molar-refractivity contribution in [2.45, 2.75) is 33.0 Å². The van der Waals surface area contributed by atoms with E-state index < -0.39 is 12.5 Å². The molecule has 0 spiro atoms. The van der Waals surface area contributed by atoms with E-state index in [1.165, 1.54) is 26.3 Å². The average Bonchev–Trinajstić information content (AvgIpc) is 3.66. The summed E-state index contributed by atoms with van der Waals surface area (Å²) in [4.78, 5) is 21.0. The van der Waals surface area contributed by atoms with Crippen LogP contribution >= 0.6 is 0 Å². The van der Waals surface area contributed by atoms with Crippen molar-refractivity contribution in [1.82, 2.24) is 49.5 Å². The van der Waals surface area contributed by atoms with E-state index in [2.05, 4.69) is 35.9 Å². The molecule has 0 atom stereocenters. The van der Waals surface area contributed by atoms with Gasteiger partial charge in [0.15, 0.2) is 11.5 Å². The second kappa shape index (κ2) is 11.5. The summed E-state index contributed by atoms with van der Waals surface area (Å²) in [5.74, 6) is -0.174. The molecule has 208 valence electrons. The molecule has 0 fully saturated rings. The fourth-order valence-electron chi connectivity index (χ4n) is 4.02. The summed E-state index contributed by atoms with van der Waals surface area (Å²) in [6.07, 6.45) is 6.86. The van der Waals surface area contributed by atoms with Crippen molar-refractivity contribution in [2.75, 3.05) is 26.0 Å². The fraction of sp³-hybridized carbons (Fsp3) is 0.320. The zero-order valence-corrected chi connectivity index (χ0v) is 22.1. The van der Waals surface area contributed by atoms with Gasteiger partial charge in [-0.2, -0.15) is 23.8 Å². The Morgan fingerprint density at radius 2 is 2.08 bits per heavy atom. The Balaban J connectivity index is 1.52. The van der Waals surface area contributed by atoms with Gasteiger partial charge < -0.3 is 15.0 Å². The first kappa shape index (κ1) is 26.8. The number of likely N-dealkylation sites (N-methyl/N-ethyl adjacent to an activating group) is 1. The summed E-state index contributed by atoms with van der Waals surface area (Å²) in [6, 6.07) is 6.58. The molecule has 4 aromatic heterocycles. The van der Waals surface area contributed by atoms with Gasteiger partial charge in [-0.05, 0) is 49.5 Å². The van der Waals surface area contributed by atoms with Crippen LogP contribution in [0.1, 0.15) is 28.7 Å². The Morgan fingerprint density at radius 3 is 2.85 bits per heavy atom. The molecule has 40 heavy (non-hydrogen) atoms. The minimum atomic E-state index is -3.04. The second-order valence-corrected chi connectivity index (χ2v) is 9.16. The molecular weight excluding hydrogens is 524 g/mol. The molecule has 1 amide bonds. The number of ether oxygens (including phenoxy) is 1. The van der Waals surface area contributed by atoms with Crippen molar-refractivity contribution in [2.24, 2.45) is 0 Å². The van der Waals surface area contributed by atoms with Crippen LogP contribution in [0.3, 0.4) is 0 Å². The van der Waals surface area contributed by atoms with Crippen LogP contribution in [0.5, 0.6) is 5.75 Å². The molecule has 1 aromatic carbocycles. The number of carbonyl (C=O) groups excluding carboxylic acids is 1. The zero-order chi connectivity index (χ0) is 28.2. The van der Waals surface area contributed by atoms with Gasteiger partial charge in [0, 0.05) is 30.7 Å². The molecule has 13 nitrogen and oxygen atoms in total. The van der Waals surface area contributed by atoms with Crippen molar-refractivity contribution in [1.29, 1.82) is 0 Å². The van der Waals surface area contributed by atoms with Gasteiger partial charge in [0.25, 0.3) is 5.91 Å². The van der Waals surface area contributed by atoms with Gasteiger partial charge in [0.1, 0.15) is 23.6 Å². The largest absolute Gasteiger partial charge is 0.434 e. The highest BCUT2D eigenvalue weighted by Crippen LogP contribution is 2.36. The topological polar surface area (TPSA) is 133 Å². The lowest BCUT2D eigenvalue weighted by Crippen LogP contribution is -2.19. The van der Waals surface area contributed by atoms with E-state index in [9.17, 15) is 13.6 Å². The monoisotopic (exact) mass is 551 g/mol. The number of halogens is 2. The van der Waals surface area contributed by atoms with Crippen LogP contribution < -0.4 is 10.1 Å². The first-order valence-corrected chi connectivity index (χ1v) is 12.5. The van der Waals surface area contributed by atoms with E-state index in [-0.39, 0.29) is 29.2 Å². The Labute approximate surface area is 227 Å². The van der Waals surface area contributed by atoms with Gasteiger partial charge in [-0.25, -0.2) is 9.50 Å². The van der Waals surface area contributed by atoms with Gasteiger partial charge in [0.05, 0.1) is 18.4 Å². The number of tetrazole rings is 1. The number of amides is 1. The number of aryl methyl sites for hydroxylation is 1. The van der Waals surface area contributed by atoms with Crippen LogP contribution in [-0.2, 0) is 19.5 Å². The summed E-state index contributed by atoms with van der Waals surface area (Å²) >= 11 is 0. The SMILES string of the molecule is CCc1ccc(OC(F)F)c(-c2nn(Cc3nnn(CCN(C)C)n3)cc2NC(=O)c2cnn3cccnc23)c1. The van der Waals surface area contributed by atoms with Crippen LogP contribution in [0.2, 0.25) is 0 Å². The number of nitrogens with zero attached hydrogens (tertiary/aromatic N) is 10. The number of nitrogens with one attached hydrogen (secondary N) is 1. The number of fused-ring (bicyclic) bond motifs is 1. The predicted octanol–water partition coefficient (Wildman–Crippen LogP) is 2.61. The first-order valence-electron chi connectivity index (χ1n) is 12.5. The highest BCUT2D eigenvalue weighted by molar-refractivity contribution is 6.09. The van der Waals surface area contributed by atoms with Crippen LogP contribution in [0.15, 0.2) is 49.1 Å². The number of hydrogen-bond donors (Lipinski definition) is 1. The molecule has 0 aliphatic carbocycles. The molecule has 0 saturated carbocycles. The number of benzene rings is 1. The molecule has 0 aliphatic rings. The van der Waals surface area contributed by atoms with E-state index in [4.69, 9.17) is 4.74 Å². The molecule has 0 aliphatic heterocycles. The molecule has 0 saturated heterocycles. The summed E-state index contributed by atoms with van der Waals surface area (Å²) in [7, 11) is 3.89. The minimum absolute atomic E-state index is 0.0710. The predicted molar refractivity (Wildman–Crippen MR) is 140 cm³/mol. The Bertz CT molecular complexity index is 1630. The van der Waals surface area contributed by atoms with Gasteiger partial charge in [-0.15, -0.1) is 10.2 Å². The number of hydrogen-bond acceptors (Lipinski definition) is 9. The maximum absolute atomic E-state index is 13.3. The fourth-order valence-corrected chi connectivity index (χ4v) is 4.02. The number of anilines is 1. The number of carbonyl (C=O) groups is 1. The van der Waals surface area contributed by atoms with E-state index in [0.717, 1.165) is 12.1 Å². The highest BCUT2D eigenvalue weighted by Gasteiger charge is 2.22. The van der Waals surface area contributed by atoms with E-state index >= 15 is 0 Å².